The van der Waals surface area contributed by atoms with E-state index in [9.17, 15) is 0 Å². The first-order valence-corrected chi connectivity index (χ1v) is 4.37. The van der Waals surface area contributed by atoms with E-state index in [-0.39, 0.29) is 19.0 Å². The molecule has 0 atom stereocenters. The summed E-state index contributed by atoms with van der Waals surface area (Å²) in [5.74, 6) is 0. The predicted molar refractivity (Wildman–Crippen MR) is 56.4 cm³/mol. The summed E-state index contributed by atoms with van der Waals surface area (Å²) in [4.78, 5) is 0. The molecule has 0 unspecified atom stereocenters. The molecular formula is C10H14ClNO. The molecule has 0 bridgehead atoms. The quantitative estimate of drug-likeness (QED) is 0.725. The normalized spacial score (nSPS) is 13.9. The third kappa shape index (κ3) is 1.95. The number of hydrogen-bond acceptors (Lipinski definition) is 2. The van der Waals surface area contributed by atoms with Crippen molar-refractivity contribution in [2.24, 2.45) is 0 Å². The first-order valence-electron chi connectivity index (χ1n) is 4.37. The van der Waals surface area contributed by atoms with E-state index in [2.05, 4.69) is 11.4 Å². The van der Waals surface area contributed by atoms with E-state index in [0.29, 0.717) is 0 Å². The van der Waals surface area contributed by atoms with Gasteiger partial charge in [-0.1, -0.05) is 12.1 Å². The predicted octanol–water partition coefficient (Wildman–Crippen LogP) is 1.96. The molecule has 72 valence electrons. The van der Waals surface area contributed by atoms with Gasteiger partial charge in [-0.15, -0.1) is 12.4 Å². The molecule has 2 rings (SSSR count). The van der Waals surface area contributed by atoms with Gasteiger partial charge < -0.3 is 10.4 Å². The van der Waals surface area contributed by atoms with E-state index >= 15 is 0 Å². The van der Waals surface area contributed by atoms with Gasteiger partial charge in [0.05, 0.1) is 6.61 Å². The van der Waals surface area contributed by atoms with Gasteiger partial charge in [0.15, 0.2) is 0 Å². The maximum atomic E-state index is 9.07. The van der Waals surface area contributed by atoms with Gasteiger partial charge in [-0.3, -0.25) is 0 Å². The zero-order valence-electron chi connectivity index (χ0n) is 7.42. The van der Waals surface area contributed by atoms with Crippen molar-refractivity contribution in [1.29, 1.82) is 0 Å². The Morgan fingerprint density at radius 1 is 1.38 bits per heavy atom. The lowest BCUT2D eigenvalue weighted by atomic mass is 9.98. The van der Waals surface area contributed by atoms with Gasteiger partial charge >= 0.3 is 0 Å². The molecule has 1 aliphatic rings. The number of aliphatic hydroxyl groups is 1. The largest absolute Gasteiger partial charge is 0.392 e. The number of hydrogen-bond donors (Lipinski definition) is 2. The van der Waals surface area contributed by atoms with Crippen LogP contribution < -0.4 is 5.32 Å². The van der Waals surface area contributed by atoms with Crippen molar-refractivity contribution in [2.45, 2.75) is 19.4 Å². The average Bonchev–Trinajstić information content (AvgIpc) is 2.17. The Labute approximate surface area is 84.4 Å². The first-order chi connectivity index (χ1) is 5.92. The Morgan fingerprint density at radius 3 is 3.00 bits per heavy atom. The summed E-state index contributed by atoms with van der Waals surface area (Å²) in [5, 5.41) is 12.4. The highest BCUT2D eigenvalue weighted by Gasteiger charge is 2.10. The molecule has 0 saturated heterocycles. The van der Waals surface area contributed by atoms with Gasteiger partial charge in [-0.2, -0.15) is 0 Å². The molecule has 0 fully saturated rings. The molecule has 0 aliphatic carbocycles. The van der Waals surface area contributed by atoms with Crippen LogP contribution in [0.15, 0.2) is 18.2 Å². The van der Waals surface area contributed by atoms with Crippen molar-refractivity contribution in [3.8, 4) is 0 Å². The molecule has 1 aliphatic heterocycles. The van der Waals surface area contributed by atoms with Crippen LogP contribution >= 0.6 is 12.4 Å². The minimum absolute atomic E-state index is 0. The molecule has 3 heteroatoms. The molecule has 0 amide bonds. The molecule has 2 nitrogen and oxygen atoms in total. The summed E-state index contributed by atoms with van der Waals surface area (Å²) >= 11 is 0. The lowest BCUT2D eigenvalue weighted by molar-refractivity contribution is 0.280. The summed E-state index contributed by atoms with van der Waals surface area (Å²) in [6.45, 7) is 1.22. The van der Waals surface area contributed by atoms with Crippen molar-refractivity contribution < 1.29 is 5.11 Å². The smallest absolute Gasteiger partial charge is 0.0685 e. The molecule has 1 aromatic carbocycles. The number of anilines is 1. The lowest BCUT2D eigenvalue weighted by Crippen LogP contribution is -2.13. The van der Waals surface area contributed by atoms with Gasteiger partial charge in [0.1, 0.15) is 0 Å². The monoisotopic (exact) mass is 199 g/mol. The fourth-order valence-electron chi connectivity index (χ4n) is 1.73. The molecule has 0 radical (unpaired) electrons. The number of halogens is 1. The van der Waals surface area contributed by atoms with E-state index in [1.807, 2.05) is 12.1 Å². The number of rotatable bonds is 1. The third-order valence-electron chi connectivity index (χ3n) is 2.36. The lowest BCUT2D eigenvalue weighted by Gasteiger charge is -2.19. The second-order valence-electron chi connectivity index (χ2n) is 3.13. The van der Waals surface area contributed by atoms with E-state index in [1.54, 1.807) is 0 Å². The maximum Gasteiger partial charge on any atom is 0.0685 e. The van der Waals surface area contributed by atoms with E-state index in [1.165, 1.54) is 17.7 Å². The van der Waals surface area contributed by atoms with Crippen LogP contribution in [0.5, 0.6) is 0 Å². The fraction of sp³-hybridized carbons (Fsp3) is 0.400. The minimum atomic E-state index is 0. The van der Waals surface area contributed by atoms with Gasteiger partial charge in [0.2, 0.25) is 0 Å². The van der Waals surface area contributed by atoms with Crippen molar-refractivity contribution >= 4 is 18.1 Å². The molecular weight excluding hydrogens is 186 g/mol. The second kappa shape index (κ2) is 4.49. The fourth-order valence-corrected chi connectivity index (χ4v) is 1.73. The SMILES string of the molecule is Cl.OCc1cccc2c1CCCN2. The third-order valence-corrected chi connectivity index (χ3v) is 2.36. The van der Waals surface area contributed by atoms with Crippen molar-refractivity contribution in [3.05, 3.63) is 29.3 Å². The maximum absolute atomic E-state index is 9.07. The Kier molecular flexibility index (Phi) is 3.58. The highest BCUT2D eigenvalue weighted by atomic mass is 35.5. The van der Waals surface area contributed by atoms with Crippen LogP contribution in [0, 0.1) is 0 Å². The zero-order valence-corrected chi connectivity index (χ0v) is 8.23. The van der Waals surface area contributed by atoms with Crippen LogP contribution in [0.2, 0.25) is 0 Å². The summed E-state index contributed by atoms with van der Waals surface area (Å²) in [6, 6.07) is 6.06. The highest BCUT2D eigenvalue weighted by Crippen LogP contribution is 2.24. The number of fused-ring (bicyclic) bond motifs is 1. The zero-order chi connectivity index (χ0) is 8.39. The molecule has 0 saturated carbocycles. The molecule has 13 heavy (non-hydrogen) atoms. The summed E-state index contributed by atoms with van der Waals surface area (Å²) in [7, 11) is 0. The van der Waals surface area contributed by atoms with Crippen LogP contribution in [0.4, 0.5) is 5.69 Å². The van der Waals surface area contributed by atoms with Crippen LogP contribution in [-0.4, -0.2) is 11.7 Å². The van der Waals surface area contributed by atoms with E-state index in [4.69, 9.17) is 5.11 Å². The highest BCUT2D eigenvalue weighted by molar-refractivity contribution is 5.85. The number of nitrogens with one attached hydrogen (secondary N) is 1. The Morgan fingerprint density at radius 2 is 2.23 bits per heavy atom. The minimum Gasteiger partial charge on any atom is -0.392 e. The summed E-state index contributed by atoms with van der Waals surface area (Å²) < 4.78 is 0. The van der Waals surface area contributed by atoms with Crippen LogP contribution in [0.1, 0.15) is 17.5 Å². The Hall–Kier alpha value is -0.730. The molecule has 0 aromatic heterocycles. The Bertz CT molecular complexity index is 274. The standard InChI is InChI=1S/C10H13NO.ClH/c12-7-8-3-1-5-10-9(8)4-2-6-11-10;/h1,3,5,11-12H,2,4,6-7H2;1H. The van der Waals surface area contributed by atoms with Crippen molar-refractivity contribution in [2.75, 3.05) is 11.9 Å². The number of aliphatic hydroxyl groups excluding tert-OH is 1. The first kappa shape index (κ1) is 10.4. The molecule has 2 N–H and O–H groups in total. The number of benzene rings is 1. The molecule has 0 spiro atoms. The van der Waals surface area contributed by atoms with Crippen LogP contribution in [0.3, 0.4) is 0 Å². The van der Waals surface area contributed by atoms with Gasteiger partial charge in [0, 0.05) is 12.2 Å². The van der Waals surface area contributed by atoms with E-state index in [0.717, 1.165) is 18.5 Å². The van der Waals surface area contributed by atoms with Crippen LogP contribution in [-0.2, 0) is 13.0 Å². The second-order valence-corrected chi connectivity index (χ2v) is 3.13. The summed E-state index contributed by atoms with van der Waals surface area (Å²) in [5.41, 5.74) is 3.57. The van der Waals surface area contributed by atoms with Crippen molar-refractivity contribution in [3.63, 3.8) is 0 Å². The topological polar surface area (TPSA) is 32.3 Å². The molecule has 1 aromatic rings. The van der Waals surface area contributed by atoms with Crippen molar-refractivity contribution in [1.82, 2.24) is 0 Å². The van der Waals surface area contributed by atoms with Gasteiger partial charge in [-0.05, 0) is 30.0 Å². The average molecular weight is 200 g/mol. The Balaban J connectivity index is 0.000000845. The van der Waals surface area contributed by atoms with Gasteiger partial charge in [0.25, 0.3) is 0 Å². The van der Waals surface area contributed by atoms with E-state index < -0.39 is 0 Å². The summed E-state index contributed by atoms with van der Waals surface area (Å²) in [6.07, 6.45) is 2.27. The van der Waals surface area contributed by atoms with Gasteiger partial charge in [-0.25, -0.2) is 0 Å². The molecule has 1 heterocycles. The van der Waals surface area contributed by atoms with Crippen LogP contribution in [0.25, 0.3) is 0 Å².